The molecule has 0 bridgehead atoms. The highest BCUT2D eigenvalue weighted by Gasteiger charge is 2.52. The van der Waals surface area contributed by atoms with Crippen molar-refractivity contribution in [3.05, 3.63) is 35.7 Å². The van der Waals surface area contributed by atoms with Crippen LogP contribution in [-0.4, -0.2) is 102 Å². The molecule has 0 aromatic carbocycles. The van der Waals surface area contributed by atoms with Crippen LogP contribution in [0.1, 0.15) is 12.5 Å². The Morgan fingerprint density at radius 2 is 1.68 bits per heavy atom. The first-order chi connectivity index (χ1) is 20.9. The number of alkyl halides is 2. The van der Waals surface area contributed by atoms with Gasteiger partial charge in [-0.3, -0.25) is 13.9 Å². The fraction of sp³-hybridized carbons (Fsp3) is 0.500. The maximum absolute atomic E-state index is 16.0. The van der Waals surface area contributed by atoms with E-state index in [0.717, 1.165) is 23.5 Å². The maximum Gasteiger partial charge on any atom is 0.278 e. The standard InChI is InChI=1S/C20H23F2N12O7PS2/c21-9-11-7(39-19(9)33-5-28-12-15(23)24-3-25-16(12)33)1-30-42(36,43)41-14-8(2-31-44(37,38)32-11)40-20(10(14)22)34-6-29-13-17(34)26-4-27-18(13)35/h3-11,14,19-20,31-32H,1-2H2,(H2,23,24,25)(H,26,27,35)(H2,30,36,43)/t7-,8-,9-,10-,11-,14-,19-,20-,42?/m1/s1. The summed E-state index contributed by atoms with van der Waals surface area (Å²) in [5.41, 5.74) is 5.50. The Balaban J connectivity index is 1.17. The molecule has 236 valence electrons. The molecule has 0 saturated carbocycles. The Bertz CT molecular complexity index is 1960. The van der Waals surface area contributed by atoms with Gasteiger partial charge in [0.25, 0.3) is 22.4 Å². The number of ether oxygens (including phenoxy) is 2. The number of aromatic nitrogens is 8. The third-order valence-electron chi connectivity index (χ3n) is 7.42. The quantitative estimate of drug-likeness (QED) is 0.126. The van der Waals surface area contributed by atoms with Crippen molar-refractivity contribution < 1.29 is 36.1 Å². The molecule has 0 amide bonds. The van der Waals surface area contributed by atoms with Crippen LogP contribution in [-0.2, 0) is 36.0 Å². The van der Waals surface area contributed by atoms with E-state index in [-0.39, 0.29) is 28.1 Å². The number of fused-ring (bicyclic) bond motifs is 4. The highest BCUT2D eigenvalue weighted by atomic mass is 32.5. The third-order valence-corrected chi connectivity index (χ3v) is 10.3. The first-order valence-corrected chi connectivity index (χ1v) is 17.0. The number of nitrogens with zero attached hydrogens (tertiary/aromatic N) is 7. The summed E-state index contributed by atoms with van der Waals surface area (Å²) in [6.45, 7) is -5.01. The van der Waals surface area contributed by atoms with Gasteiger partial charge in [0.05, 0.1) is 31.1 Å². The molecule has 3 saturated heterocycles. The van der Waals surface area contributed by atoms with Crippen molar-refractivity contribution in [2.45, 2.75) is 49.2 Å². The summed E-state index contributed by atoms with van der Waals surface area (Å²) in [4.78, 5) is 45.4. The lowest BCUT2D eigenvalue weighted by Crippen LogP contribution is -2.54. The van der Waals surface area contributed by atoms with Crippen LogP contribution in [0.25, 0.3) is 22.3 Å². The number of H-pyrrole nitrogens is 1. The zero-order chi connectivity index (χ0) is 31.0. The monoisotopic (exact) mass is 676 g/mol. The Labute approximate surface area is 250 Å². The number of nitrogens with one attached hydrogen (secondary N) is 4. The topological polar surface area (TPSA) is 251 Å². The van der Waals surface area contributed by atoms with Crippen LogP contribution in [0.3, 0.4) is 0 Å². The van der Waals surface area contributed by atoms with E-state index < -0.39 is 84.7 Å². The molecule has 4 aromatic rings. The average molecular weight is 677 g/mol. The Hall–Kier alpha value is -3.12. The zero-order valence-electron chi connectivity index (χ0n) is 22.0. The lowest BCUT2D eigenvalue weighted by atomic mass is 10.1. The van der Waals surface area contributed by atoms with Gasteiger partial charge in [-0.15, -0.1) is 0 Å². The molecule has 1 unspecified atom stereocenters. The molecule has 3 fully saturated rings. The summed E-state index contributed by atoms with van der Waals surface area (Å²) in [6.07, 6.45) is -6.48. The van der Waals surface area contributed by atoms with Crippen LogP contribution in [0.2, 0.25) is 0 Å². The van der Waals surface area contributed by atoms with Gasteiger partial charge in [-0.25, -0.2) is 38.8 Å². The van der Waals surface area contributed by atoms with Gasteiger partial charge in [0, 0.05) is 13.1 Å². The molecule has 0 radical (unpaired) electrons. The molecule has 19 nitrogen and oxygen atoms in total. The van der Waals surface area contributed by atoms with E-state index in [1.54, 1.807) is 0 Å². The van der Waals surface area contributed by atoms with Crippen LogP contribution in [0, 0.1) is 0 Å². The van der Waals surface area contributed by atoms with E-state index in [2.05, 4.69) is 44.4 Å². The molecule has 7 rings (SSSR count). The minimum atomic E-state index is -4.47. The molecular weight excluding hydrogens is 653 g/mol. The van der Waals surface area contributed by atoms with Gasteiger partial charge in [0.2, 0.25) is 0 Å². The van der Waals surface area contributed by atoms with Gasteiger partial charge < -0.3 is 29.6 Å². The molecule has 44 heavy (non-hydrogen) atoms. The number of rotatable bonds is 2. The highest BCUT2D eigenvalue weighted by Crippen LogP contribution is 2.46. The van der Waals surface area contributed by atoms with Crippen molar-refractivity contribution in [3.8, 4) is 0 Å². The zero-order valence-corrected chi connectivity index (χ0v) is 24.5. The summed E-state index contributed by atoms with van der Waals surface area (Å²) in [5.74, 6) is 0.0469. The van der Waals surface area contributed by atoms with Crippen molar-refractivity contribution >= 4 is 56.8 Å². The Morgan fingerprint density at radius 3 is 2.45 bits per heavy atom. The smallest absolute Gasteiger partial charge is 0.278 e. The van der Waals surface area contributed by atoms with Gasteiger partial charge >= 0.3 is 0 Å². The number of anilines is 1. The van der Waals surface area contributed by atoms with Crippen LogP contribution in [0.15, 0.2) is 30.1 Å². The second kappa shape index (κ2) is 10.8. The summed E-state index contributed by atoms with van der Waals surface area (Å²) in [6, 6.07) is -1.50. The molecule has 7 N–H and O–H groups in total. The highest BCUT2D eigenvalue weighted by molar-refractivity contribution is 8.08. The number of hydrogen-bond acceptors (Lipinski definition) is 13. The molecule has 7 heterocycles. The Kier molecular flexibility index (Phi) is 7.23. The largest absolute Gasteiger partial charge is 0.382 e. The van der Waals surface area contributed by atoms with Gasteiger partial charge in [-0.2, -0.15) is 17.9 Å². The summed E-state index contributed by atoms with van der Waals surface area (Å²) in [5, 5.41) is 2.57. The van der Waals surface area contributed by atoms with Crippen molar-refractivity contribution in [1.29, 1.82) is 0 Å². The molecule has 0 aliphatic carbocycles. The number of hydrogen-bond donors (Lipinski definition) is 6. The van der Waals surface area contributed by atoms with Crippen LogP contribution in [0.4, 0.5) is 14.6 Å². The number of halogens is 2. The SMILES string of the molecule is Nc1ncnc2c1ncn2[C@@H]1O[C@@H]2CNP(O)(=S)O[C@H]3[C@@H](F)[C@H](n4cnc5c(=O)[nH]cnc54)O[C@@H]3CNS(=O)(=O)N[C@H]2[C@H]1F. The second-order valence-electron chi connectivity index (χ2n) is 10.1. The van der Waals surface area contributed by atoms with Crippen LogP contribution < -0.4 is 25.8 Å². The fourth-order valence-corrected chi connectivity index (χ4v) is 8.09. The molecule has 9 atom stereocenters. The van der Waals surface area contributed by atoms with Crippen molar-refractivity contribution in [3.63, 3.8) is 0 Å². The van der Waals surface area contributed by atoms with Crippen molar-refractivity contribution in [1.82, 2.24) is 53.6 Å². The summed E-state index contributed by atoms with van der Waals surface area (Å²) >= 11 is 5.24. The molecule has 3 aliphatic rings. The lowest BCUT2D eigenvalue weighted by Gasteiger charge is -2.29. The van der Waals surface area contributed by atoms with E-state index in [1.165, 1.54) is 10.9 Å². The first-order valence-electron chi connectivity index (χ1n) is 12.9. The maximum atomic E-state index is 16.0. The summed E-state index contributed by atoms with van der Waals surface area (Å²) < 4.78 is 82.3. The van der Waals surface area contributed by atoms with E-state index in [0.29, 0.717) is 0 Å². The van der Waals surface area contributed by atoms with Gasteiger partial charge in [0.1, 0.15) is 24.1 Å². The van der Waals surface area contributed by atoms with E-state index in [9.17, 15) is 18.1 Å². The summed E-state index contributed by atoms with van der Waals surface area (Å²) in [7, 11) is -4.47. The second-order valence-corrected chi connectivity index (χ2v) is 14.7. The van der Waals surface area contributed by atoms with Crippen LogP contribution in [0.5, 0.6) is 0 Å². The van der Waals surface area contributed by atoms with Gasteiger partial charge in [0.15, 0.2) is 47.4 Å². The minimum Gasteiger partial charge on any atom is -0.382 e. The predicted octanol–water partition coefficient (Wildman–Crippen LogP) is -1.99. The number of nitrogens with two attached hydrogens (primary N) is 1. The number of imidazole rings is 2. The average Bonchev–Trinajstić information content (AvgIpc) is 3.73. The molecule has 4 aromatic heterocycles. The van der Waals surface area contributed by atoms with Crippen molar-refractivity contribution in [2.75, 3.05) is 18.8 Å². The number of aromatic amines is 1. The predicted molar refractivity (Wildman–Crippen MR) is 149 cm³/mol. The molecule has 0 spiro atoms. The van der Waals surface area contributed by atoms with E-state index in [4.69, 9.17) is 31.5 Å². The van der Waals surface area contributed by atoms with Crippen molar-refractivity contribution in [2.24, 2.45) is 0 Å². The fourth-order valence-electron chi connectivity index (χ4n) is 5.39. The first kappa shape index (κ1) is 29.6. The molecular formula is C20H23F2N12O7PS2. The Morgan fingerprint density at radius 1 is 1.00 bits per heavy atom. The van der Waals surface area contributed by atoms with E-state index >= 15 is 8.78 Å². The number of nitrogen functional groups attached to an aromatic ring is 1. The van der Waals surface area contributed by atoms with Gasteiger partial charge in [-0.1, -0.05) is 0 Å². The minimum absolute atomic E-state index is 0.00384. The van der Waals surface area contributed by atoms with Crippen LogP contribution >= 0.6 is 6.64 Å². The van der Waals surface area contributed by atoms with Gasteiger partial charge in [-0.05, 0) is 11.8 Å². The molecule has 3 aliphatic heterocycles. The third kappa shape index (κ3) is 5.07. The molecule has 24 heteroatoms. The van der Waals surface area contributed by atoms with E-state index in [1.807, 2.05) is 0 Å². The normalized spacial score (nSPS) is 36.1. The lowest BCUT2D eigenvalue weighted by molar-refractivity contribution is -0.0190.